The summed E-state index contributed by atoms with van der Waals surface area (Å²) >= 11 is 0. The standard InChI is InChI=1S/C16H23N3/c1-13(2)11-17-9-10-18-12-14-7-8-19-16-6-4-3-5-15(14)16/h3-8,13,17-18H,9-12H2,1-2H3. The number of benzene rings is 1. The third kappa shape index (κ3) is 4.30. The Morgan fingerprint density at radius 2 is 1.84 bits per heavy atom. The van der Waals surface area contributed by atoms with E-state index in [1.54, 1.807) is 0 Å². The molecule has 3 nitrogen and oxygen atoms in total. The van der Waals surface area contributed by atoms with Gasteiger partial charge in [-0.2, -0.15) is 0 Å². The van der Waals surface area contributed by atoms with Crippen LogP contribution in [0.3, 0.4) is 0 Å². The van der Waals surface area contributed by atoms with Gasteiger partial charge in [0.1, 0.15) is 0 Å². The van der Waals surface area contributed by atoms with E-state index in [0.29, 0.717) is 5.92 Å². The Bertz CT molecular complexity index is 503. The van der Waals surface area contributed by atoms with Crippen LogP contribution in [0.2, 0.25) is 0 Å². The first kappa shape index (κ1) is 14.0. The Balaban J connectivity index is 1.82. The van der Waals surface area contributed by atoms with Crippen molar-refractivity contribution in [3.05, 3.63) is 42.1 Å². The molecular formula is C16H23N3. The minimum Gasteiger partial charge on any atom is -0.315 e. The SMILES string of the molecule is CC(C)CNCCNCc1ccnc2ccccc12. The fourth-order valence-electron chi connectivity index (χ4n) is 2.10. The summed E-state index contributed by atoms with van der Waals surface area (Å²) in [6, 6.07) is 10.4. The van der Waals surface area contributed by atoms with Gasteiger partial charge >= 0.3 is 0 Å². The van der Waals surface area contributed by atoms with Crippen LogP contribution in [0.25, 0.3) is 10.9 Å². The smallest absolute Gasteiger partial charge is 0.0705 e. The van der Waals surface area contributed by atoms with Gasteiger partial charge in [-0.3, -0.25) is 4.98 Å². The number of fused-ring (bicyclic) bond motifs is 1. The van der Waals surface area contributed by atoms with E-state index in [2.05, 4.69) is 53.7 Å². The van der Waals surface area contributed by atoms with Crippen LogP contribution in [-0.4, -0.2) is 24.6 Å². The van der Waals surface area contributed by atoms with Crippen LogP contribution in [0, 0.1) is 5.92 Å². The van der Waals surface area contributed by atoms with Gasteiger partial charge in [-0.25, -0.2) is 0 Å². The van der Waals surface area contributed by atoms with Crippen molar-refractivity contribution in [2.75, 3.05) is 19.6 Å². The molecule has 2 rings (SSSR count). The summed E-state index contributed by atoms with van der Waals surface area (Å²) in [5, 5.41) is 8.15. The molecule has 0 radical (unpaired) electrons. The van der Waals surface area contributed by atoms with E-state index < -0.39 is 0 Å². The van der Waals surface area contributed by atoms with Crippen LogP contribution in [0.1, 0.15) is 19.4 Å². The van der Waals surface area contributed by atoms with E-state index in [4.69, 9.17) is 0 Å². The number of nitrogens with zero attached hydrogens (tertiary/aromatic N) is 1. The first-order chi connectivity index (χ1) is 9.27. The molecule has 19 heavy (non-hydrogen) atoms. The minimum atomic E-state index is 0.712. The minimum absolute atomic E-state index is 0.712. The molecule has 0 spiro atoms. The molecule has 0 bridgehead atoms. The zero-order chi connectivity index (χ0) is 13.5. The van der Waals surface area contributed by atoms with E-state index in [1.807, 2.05) is 12.3 Å². The van der Waals surface area contributed by atoms with Gasteiger partial charge in [-0.15, -0.1) is 0 Å². The molecule has 0 fully saturated rings. The summed E-state index contributed by atoms with van der Waals surface area (Å²) in [5.74, 6) is 0.712. The average molecular weight is 257 g/mol. The lowest BCUT2D eigenvalue weighted by molar-refractivity contribution is 0.535. The van der Waals surface area contributed by atoms with Crippen molar-refractivity contribution in [3.63, 3.8) is 0 Å². The van der Waals surface area contributed by atoms with E-state index in [9.17, 15) is 0 Å². The maximum atomic E-state index is 4.38. The number of hydrogen-bond acceptors (Lipinski definition) is 3. The number of aromatic nitrogens is 1. The van der Waals surface area contributed by atoms with Gasteiger partial charge in [0.25, 0.3) is 0 Å². The largest absolute Gasteiger partial charge is 0.315 e. The van der Waals surface area contributed by atoms with Gasteiger partial charge in [-0.05, 0) is 30.2 Å². The van der Waals surface area contributed by atoms with Crippen molar-refractivity contribution < 1.29 is 0 Å². The highest BCUT2D eigenvalue weighted by molar-refractivity contribution is 5.81. The molecule has 0 saturated carbocycles. The summed E-state index contributed by atoms with van der Waals surface area (Å²) in [6.45, 7) is 8.43. The highest BCUT2D eigenvalue weighted by Crippen LogP contribution is 2.15. The van der Waals surface area contributed by atoms with Crippen LogP contribution < -0.4 is 10.6 Å². The Kier molecular flexibility index (Phi) is 5.31. The van der Waals surface area contributed by atoms with Crippen molar-refractivity contribution in [1.82, 2.24) is 15.6 Å². The predicted molar refractivity (Wildman–Crippen MR) is 81.2 cm³/mol. The topological polar surface area (TPSA) is 37.0 Å². The maximum Gasteiger partial charge on any atom is 0.0705 e. The molecule has 2 N–H and O–H groups in total. The monoisotopic (exact) mass is 257 g/mol. The first-order valence-electron chi connectivity index (χ1n) is 7.01. The molecule has 0 unspecified atom stereocenters. The quantitative estimate of drug-likeness (QED) is 0.749. The Hall–Kier alpha value is -1.45. The Morgan fingerprint density at radius 3 is 2.68 bits per heavy atom. The lowest BCUT2D eigenvalue weighted by atomic mass is 10.1. The van der Waals surface area contributed by atoms with Crippen molar-refractivity contribution in [2.45, 2.75) is 20.4 Å². The van der Waals surface area contributed by atoms with Gasteiger partial charge in [-0.1, -0.05) is 32.0 Å². The third-order valence-corrected chi connectivity index (χ3v) is 3.09. The summed E-state index contributed by atoms with van der Waals surface area (Å²) in [4.78, 5) is 4.38. The fraction of sp³-hybridized carbons (Fsp3) is 0.438. The normalized spacial score (nSPS) is 11.3. The van der Waals surface area contributed by atoms with Crippen LogP contribution in [0.5, 0.6) is 0 Å². The Labute approximate surface area is 115 Å². The molecule has 0 aliphatic rings. The predicted octanol–water partition coefficient (Wildman–Crippen LogP) is 2.57. The second-order valence-electron chi connectivity index (χ2n) is 5.26. The second kappa shape index (κ2) is 7.22. The summed E-state index contributed by atoms with van der Waals surface area (Å²) in [7, 11) is 0. The first-order valence-corrected chi connectivity index (χ1v) is 7.01. The third-order valence-electron chi connectivity index (χ3n) is 3.09. The van der Waals surface area contributed by atoms with Crippen LogP contribution in [-0.2, 0) is 6.54 Å². The number of para-hydroxylation sites is 1. The molecule has 1 heterocycles. The van der Waals surface area contributed by atoms with E-state index in [-0.39, 0.29) is 0 Å². The van der Waals surface area contributed by atoms with Gasteiger partial charge in [0.05, 0.1) is 5.52 Å². The molecule has 0 aliphatic heterocycles. The summed E-state index contributed by atoms with van der Waals surface area (Å²) in [6.07, 6.45) is 1.89. The van der Waals surface area contributed by atoms with E-state index in [1.165, 1.54) is 10.9 Å². The molecular weight excluding hydrogens is 234 g/mol. The van der Waals surface area contributed by atoms with E-state index >= 15 is 0 Å². The summed E-state index contributed by atoms with van der Waals surface area (Å²) < 4.78 is 0. The molecule has 0 amide bonds. The zero-order valence-corrected chi connectivity index (χ0v) is 11.8. The van der Waals surface area contributed by atoms with E-state index in [0.717, 1.165) is 31.7 Å². The van der Waals surface area contributed by atoms with Crippen molar-refractivity contribution in [3.8, 4) is 0 Å². The zero-order valence-electron chi connectivity index (χ0n) is 11.8. The highest BCUT2D eigenvalue weighted by atomic mass is 14.9. The van der Waals surface area contributed by atoms with Crippen molar-refractivity contribution >= 4 is 10.9 Å². The molecule has 2 aromatic rings. The van der Waals surface area contributed by atoms with Gasteiger partial charge < -0.3 is 10.6 Å². The molecule has 0 aliphatic carbocycles. The molecule has 0 atom stereocenters. The maximum absolute atomic E-state index is 4.38. The molecule has 102 valence electrons. The number of hydrogen-bond donors (Lipinski definition) is 2. The molecule has 0 saturated heterocycles. The second-order valence-corrected chi connectivity index (χ2v) is 5.26. The average Bonchev–Trinajstić information content (AvgIpc) is 2.42. The Morgan fingerprint density at radius 1 is 1.05 bits per heavy atom. The lowest BCUT2D eigenvalue weighted by Crippen LogP contribution is -2.29. The van der Waals surface area contributed by atoms with Crippen LogP contribution in [0.15, 0.2) is 36.5 Å². The van der Waals surface area contributed by atoms with Gasteiger partial charge in [0, 0.05) is 31.2 Å². The van der Waals surface area contributed by atoms with Crippen molar-refractivity contribution in [1.29, 1.82) is 0 Å². The van der Waals surface area contributed by atoms with Crippen LogP contribution >= 0.6 is 0 Å². The fourth-order valence-corrected chi connectivity index (χ4v) is 2.10. The number of nitrogens with one attached hydrogen (secondary N) is 2. The van der Waals surface area contributed by atoms with Gasteiger partial charge in [0.2, 0.25) is 0 Å². The molecule has 1 aromatic heterocycles. The molecule has 1 aromatic carbocycles. The molecule has 3 heteroatoms. The number of rotatable bonds is 7. The van der Waals surface area contributed by atoms with Crippen molar-refractivity contribution in [2.24, 2.45) is 5.92 Å². The lowest BCUT2D eigenvalue weighted by Gasteiger charge is -2.09. The van der Waals surface area contributed by atoms with Crippen LogP contribution in [0.4, 0.5) is 0 Å². The number of pyridine rings is 1. The summed E-state index contributed by atoms with van der Waals surface area (Å²) in [5.41, 5.74) is 2.38. The highest BCUT2D eigenvalue weighted by Gasteiger charge is 2.00. The van der Waals surface area contributed by atoms with Gasteiger partial charge in [0.15, 0.2) is 0 Å².